The Morgan fingerprint density at radius 2 is 1.74 bits per heavy atom. The lowest BCUT2D eigenvalue weighted by Gasteiger charge is -2.25. The molecule has 1 unspecified atom stereocenters. The molecule has 2 aromatic rings. The molecule has 1 saturated heterocycles. The van der Waals surface area contributed by atoms with E-state index in [4.69, 9.17) is 0 Å². The van der Waals surface area contributed by atoms with E-state index in [1.54, 1.807) is 18.2 Å². The van der Waals surface area contributed by atoms with E-state index in [-0.39, 0.29) is 23.5 Å². The monoisotopic (exact) mass is 388 g/mol. The zero-order valence-corrected chi connectivity index (χ0v) is 15.1. The molecule has 2 amide bonds. The van der Waals surface area contributed by atoms with Gasteiger partial charge in [0.25, 0.3) is 5.91 Å². The number of sulfonamides is 1. The van der Waals surface area contributed by atoms with Gasteiger partial charge in [-0.3, -0.25) is 9.59 Å². The normalized spacial score (nSPS) is 17.6. The van der Waals surface area contributed by atoms with E-state index >= 15 is 0 Å². The highest BCUT2D eigenvalue weighted by molar-refractivity contribution is 7.89. The van der Waals surface area contributed by atoms with Crippen LogP contribution in [0.4, 0.5) is 10.1 Å². The second-order valence-electron chi connectivity index (χ2n) is 5.94. The molecule has 1 atom stereocenters. The first-order valence-corrected chi connectivity index (χ1v) is 9.60. The number of anilines is 1. The Hall–Kier alpha value is -2.84. The Kier molecular flexibility index (Phi) is 5.20. The molecular weight excluding hydrogens is 371 g/mol. The van der Waals surface area contributed by atoms with Crippen molar-refractivity contribution >= 4 is 27.5 Å². The zero-order valence-electron chi connectivity index (χ0n) is 14.3. The van der Waals surface area contributed by atoms with Crippen LogP contribution >= 0.6 is 0 Å². The number of carbonyl (C=O) groups excluding carboxylic acids is 2. The van der Waals surface area contributed by atoms with Crippen LogP contribution in [0.1, 0.15) is 6.42 Å². The van der Waals surface area contributed by atoms with Gasteiger partial charge in [-0.25, -0.2) is 17.7 Å². The highest BCUT2D eigenvalue weighted by Crippen LogP contribution is 2.29. The van der Waals surface area contributed by atoms with Crippen molar-refractivity contribution in [1.82, 2.24) is 4.31 Å². The number of benzene rings is 2. The Bertz CT molecular complexity index is 975. The molecule has 0 spiro atoms. The first kappa shape index (κ1) is 18.9. The van der Waals surface area contributed by atoms with E-state index in [0.29, 0.717) is 0 Å². The topological polar surface area (TPSA) is 74.8 Å². The summed E-state index contributed by atoms with van der Waals surface area (Å²) in [6.07, 6.45) is 1.06. The molecule has 0 N–H and O–H groups in total. The van der Waals surface area contributed by atoms with Gasteiger partial charge in [-0.1, -0.05) is 24.3 Å². The molecule has 0 aromatic heterocycles. The summed E-state index contributed by atoms with van der Waals surface area (Å²) in [6.45, 7) is 3.43. The third kappa shape index (κ3) is 3.54. The lowest BCUT2D eigenvalue weighted by atomic mass is 10.2. The van der Waals surface area contributed by atoms with Crippen LogP contribution in [-0.2, 0) is 19.6 Å². The minimum Gasteiger partial charge on any atom is -0.274 e. The maximum Gasteiger partial charge on any atom is 0.252 e. The highest BCUT2D eigenvalue weighted by atomic mass is 32.2. The maximum absolute atomic E-state index is 13.1. The van der Waals surface area contributed by atoms with Crippen LogP contribution in [0.3, 0.4) is 0 Å². The van der Waals surface area contributed by atoms with E-state index in [0.717, 1.165) is 21.3 Å². The molecule has 27 heavy (non-hydrogen) atoms. The van der Waals surface area contributed by atoms with Crippen molar-refractivity contribution in [2.45, 2.75) is 17.4 Å². The molecule has 0 aliphatic carbocycles. The quantitative estimate of drug-likeness (QED) is 0.562. The van der Waals surface area contributed by atoms with Gasteiger partial charge in [-0.05, 0) is 36.4 Å². The first-order valence-electron chi connectivity index (χ1n) is 8.16. The van der Waals surface area contributed by atoms with Gasteiger partial charge in [0.15, 0.2) is 0 Å². The third-order valence-corrected chi connectivity index (χ3v) is 6.10. The Labute approximate surface area is 156 Å². The molecule has 2 aromatic carbocycles. The number of hydrogen-bond acceptors (Lipinski definition) is 4. The van der Waals surface area contributed by atoms with E-state index in [2.05, 4.69) is 6.58 Å². The average molecular weight is 388 g/mol. The molecule has 1 aliphatic rings. The van der Waals surface area contributed by atoms with Gasteiger partial charge < -0.3 is 0 Å². The Balaban J connectivity index is 1.97. The van der Waals surface area contributed by atoms with Crippen LogP contribution in [0.2, 0.25) is 0 Å². The van der Waals surface area contributed by atoms with E-state index in [1.807, 2.05) is 0 Å². The van der Waals surface area contributed by atoms with E-state index in [1.165, 1.54) is 30.3 Å². The fourth-order valence-corrected chi connectivity index (χ4v) is 4.52. The standard InChI is InChI=1S/C19H17FN2O4S/c1-2-12-21(27(25,26)16-6-4-3-5-7-16)17-13-18(23)22(19(17)24)15-10-8-14(20)9-11-15/h2-11,17H,1,12-13H2. The lowest BCUT2D eigenvalue weighted by Crippen LogP contribution is -2.45. The number of halogens is 1. The van der Waals surface area contributed by atoms with Crippen LogP contribution in [0, 0.1) is 5.82 Å². The van der Waals surface area contributed by atoms with Crippen molar-refractivity contribution in [3.8, 4) is 0 Å². The van der Waals surface area contributed by atoms with Crippen molar-refractivity contribution in [3.05, 3.63) is 73.1 Å². The smallest absolute Gasteiger partial charge is 0.252 e. The van der Waals surface area contributed by atoms with Crippen molar-refractivity contribution < 1.29 is 22.4 Å². The van der Waals surface area contributed by atoms with Crippen LogP contribution in [-0.4, -0.2) is 37.1 Å². The molecular formula is C19H17FN2O4S. The fraction of sp³-hybridized carbons (Fsp3) is 0.158. The summed E-state index contributed by atoms with van der Waals surface area (Å²) in [4.78, 5) is 26.2. The highest BCUT2D eigenvalue weighted by Gasteiger charge is 2.46. The van der Waals surface area contributed by atoms with Gasteiger partial charge in [0.05, 0.1) is 17.0 Å². The largest absolute Gasteiger partial charge is 0.274 e. The number of rotatable bonds is 6. The average Bonchev–Trinajstić information content (AvgIpc) is 2.95. The number of carbonyl (C=O) groups is 2. The van der Waals surface area contributed by atoms with Crippen molar-refractivity contribution in [2.75, 3.05) is 11.4 Å². The second-order valence-corrected chi connectivity index (χ2v) is 7.83. The summed E-state index contributed by atoms with van der Waals surface area (Å²) in [6, 6.07) is 11.3. The van der Waals surface area contributed by atoms with Crippen LogP contribution in [0.15, 0.2) is 72.1 Å². The minimum atomic E-state index is -4.01. The molecule has 3 rings (SSSR count). The van der Waals surface area contributed by atoms with Crippen LogP contribution < -0.4 is 4.90 Å². The molecule has 0 radical (unpaired) electrons. The minimum absolute atomic E-state index is 0.0207. The van der Waals surface area contributed by atoms with E-state index < -0.39 is 33.7 Å². The second kappa shape index (κ2) is 7.42. The predicted molar refractivity (Wildman–Crippen MR) is 97.8 cm³/mol. The fourth-order valence-electron chi connectivity index (χ4n) is 2.95. The molecule has 6 nitrogen and oxygen atoms in total. The van der Waals surface area contributed by atoms with Crippen LogP contribution in [0.25, 0.3) is 0 Å². The van der Waals surface area contributed by atoms with Crippen molar-refractivity contribution in [2.24, 2.45) is 0 Å². The van der Waals surface area contributed by atoms with Gasteiger partial charge in [0.1, 0.15) is 11.9 Å². The van der Waals surface area contributed by atoms with Gasteiger partial charge >= 0.3 is 0 Å². The summed E-state index contributed by atoms with van der Waals surface area (Å²) in [5.74, 6) is -1.73. The van der Waals surface area contributed by atoms with Crippen molar-refractivity contribution in [1.29, 1.82) is 0 Å². The molecule has 0 saturated carbocycles. The summed E-state index contributed by atoms with van der Waals surface area (Å²) < 4.78 is 40.1. The number of nitrogens with zero attached hydrogens (tertiary/aromatic N) is 2. The molecule has 1 heterocycles. The van der Waals surface area contributed by atoms with E-state index in [9.17, 15) is 22.4 Å². The molecule has 140 valence electrons. The summed E-state index contributed by atoms with van der Waals surface area (Å²) in [5, 5.41) is 0. The third-order valence-electron chi connectivity index (χ3n) is 4.21. The molecule has 1 fully saturated rings. The van der Waals surface area contributed by atoms with Gasteiger partial charge in [0.2, 0.25) is 15.9 Å². The predicted octanol–water partition coefficient (Wildman–Crippen LogP) is 2.33. The lowest BCUT2D eigenvalue weighted by molar-refractivity contribution is -0.122. The Morgan fingerprint density at radius 1 is 1.11 bits per heavy atom. The molecule has 0 bridgehead atoms. The zero-order chi connectivity index (χ0) is 19.6. The Morgan fingerprint density at radius 3 is 2.33 bits per heavy atom. The molecule has 8 heteroatoms. The first-order chi connectivity index (χ1) is 12.9. The number of imide groups is 1. The SMILES string of the molecule is C=CCN(C1CC(=O)N(c2ccc(F)cc2)C1=O)S(=O)(=O)c1ccccc1. The number of amides is 2. The van der Waals surface area contributed by atoms with Gasteiger partial charge in [-0.2, -0.15) is 4.31 Å². The van der Waals surface area contributed by atoms with Crippen molar-refractivity contribution in [3.63, 3.8) is 0 Å². The summed E-state index contributed by atoms with van der Waals surface area (Å²) in [5.41, 5.74) is 0.199. The maximum atomic E-state index is 13.1. The summed E-state index contributed by atoms with van der Waals surface area (Å²) in [7, 11) is -4.01. The molecule has 1 aliphatic heterocycles. The van der Waals surface area contributed by atoms with Crippen LogP contribution in [0.5, 0.6) is 0 Å². The summed E-state index contributed by atoms with van der Waals surface area (Å²) >= 11 is 0. The van der Waals surface area contributed by atoms with Gasteiger partial charge in [-0.15, -0.1) is 6.58 Å². The van der Waals surface area contributed by atoms with Gasteiger partial charge in [0, 0.05) is 6.54 Å². The number of hydrogen-bond donors (Lipinski definition) is 0.